The van der Waals surface area contributed by atoms with Crippen molar-refractivity contribution < 1.29 is 4.39 Å². The molecule has 0 fully saturated rings. The molecule has 3 aromatic carbocycles. The lowest BCUT2D eigenvalue weighted by Gasteiger charge is -2.11. The van der Waals surface area contributed by atoms with Crippen molar-refractivity contribution in [3.8, 4) is 11.1 Å². The molecule has 0 aliphatic heterocycles. The fourth-order valence-electron chi connectivity index (χ4n) is 2.72. The summed E-state index contributed by atoms with van der Waals surface area (Å²) in [5.41, 5.74) is 11.3. The minimum absolute atomic E-state index is 0.287. The van der Waals surface area contributed by atoms with Crippen LogP contribution in [0.5, 0.6) is 0 Å². The number of hydrogen-bond acceptors (Lipinski definition) is 3. The highest BCUT2D eigenvalue weighted by molar-refractivity contribution is 14.1. The number of hydrogen-bond donors (Lipinski definition) is 2. The van der Waals surface area contributed by atoms with Gasteiger partial charge in [0, 0.05) is 37.0 Å². The van der Waals surface area contributed by atoms with Crippen molar-refractivity contribution in [3.63, 3.8) is 0 Å². The molecule has 0 aromatic heterocycles. The van der Waals surface area contributed by atoms with Gasteiger partial charge in [0.15, 0.2) is 0 Å². The third-order valence-electron chi connectivity index (χ3n) is 4.15. The molecule has 0 saturated carbocycles. The van der Waals surface area contributed by atoms with E-state index in [4.69, 9.17) is 11.1 Å². The van der Waals surface area contributed by atoms with Gasteiger partial charge >= 0.3 is 0 Å². The Kier molecular flexibility index (Phi) is 6.94. The van der Waals surface area contributed by atoms with Crippen LogP contribution in [0.4, 0.5) is 10.1 Å². The van der Waals surface area contributed by atoms with Crippen LogP contribution in [-0.4, -0.2) is 6.21 Å². The lowest BCUT2D eigenvalue weighted by Crippen LogP contribution is -1.96. The van der Waals surface area contributed by atoms with Crippen LogP contribution in [0.25, 0.3) is 11.1 Å². The molecule has 0 bridgehead atoms. The fraction of sp³-hybridized carbons (Fsp3) is 0.0952. The maximum atomic E-state index is 14.2. The Morgan fingerprint density at radius 2 is 1.93 bits per heavy atom. The topological polar surface area (TPSA) is 49.9 Å². The first kappa shape index (κ1) is 20.4. The molecule has 0 aliphatic rings. The number of alkyl halides is 1. The molecule has 3 N–H and O–H groups in total. The van der Waals surface area contributed by atoms with Crippen molar-refractivity contribution in [2.45, 2.75) is 16.0 Å². The molecule has 2 nitrogen and oxygen atoms in total. The number of nitrogen functional groups attached to an aromatic ring is 1. The summed E-state index contributed by atoms with van der Waals surface area (Å²) in [6, 6.07) is 17.5. The summed E-state index contributed by atoms with van der Waals surface area (Å²) < 4.78 is 15.4. The van der Waals surface area contributed by atoms with Gasteiger partial charge in [-0.1, -0.05) is 58.4 Å². The average molecular weight is 555 g/mol. The second-order valence-electron chi connectivity index (χ2n) is 5.96. The lowest BCUT2D eigenvalue weighted by molar-refractivity contribution is 0.602. The van der Waals surface area contributed by atoms with Gasteiger partial charge in [-0.05, 0) is 57.0 Å². The minimum Gasteiger partial charge on any atom is -0.398 e. The molecular formula is C21H17BrFIN2S. The van der Waals surface area contributed by atoms with Gasteiger partial charge in [-0.15, -0.1) is 11.8 Å². The zero-order valence-electron chi connectivity index (χ0n) is 14.3. The highest BCUT2D eigenvalue weighted by Crippen LogP contribution is 2.32. The third-order valence-corrected chi connectivity index (χ3v) is 7.13. The monoisotopic (exact) mass is 554 g/mol. The summed E-state index contributed by atoms with van der Waals surface area (Å²) in [6.07, 6.45) is 1.15. The molecular weight excluding hydrogens is 538 g/mol. The Bertz CT molecular complexity index is 994. The van der Waals surface area contributed by atoms with Crippen LogP contribution in [0.2, 0.25) is 0 Å². The van der Waals surface area contributed by atoms with Crippen molar-refractivity contribution >= 4 is 62.2 Å². The van der Waals surface area contributed by atoms with Gasteiger partial charge in [-0.25, -0.2) is 4.39 Å². The van der Waals surface area contributed by atoms with Gasteiger partial charge in [0.25, 0.3) is 0 Å². The molecule has 0 saturated heterocycles. The molecule has 0 amide bonds. The molecule has 27 heavy (non-hydrogen) atoms. The normalized spacial score (nSPS) is 10.8. The van der Waals surface area contributed by atoms with Gasteiger partial charge < -0.3 is 11.1 Å². The van der Waals surface area contributed by atoms with Crippen LogP contribution < -0.4 is 5.73 Å². The van der Waals surface area contributed by atoms with E-state index in [0.29, 0.717) is 16.2 Å². The van der Waals surface area contributed by atoms with E-state index in [2.05, 4.69) is 68.9 Å². The standard InChI is InChI=1S/C21H17BrFIN2S/c22-10-15-5-2-6-17(21(15)24)14-4-1-3-13(7-14)12-27-20-8-16(11-25)19(26)9-18(20)23/h1-9,11,25H,10,12,26H2. The SMILES string of the molecule is N=Cc1cc(SCc2cccc(-c3cccc(CBr)c3I)c2)c(F)cc1N. The van der Waals surface area contributed by atoms with Crippen molar-refractivity contribution in [3.05, 3.63) is 80.7 Å². The molecule has 0 radical (unpaired) electrons. The molecule has 6 heteroatoms. The zero-order chi connectivity index (χ0) is 19.4. The first-order valence-electron chi connectivity index (χ1n) is 8.18. The maximum Gasteiger partial charge on any atom is 0.138 e. The van der Waals surface area contributed by atoms with Crippen LogP contribution >= 0.6 is 50.3 Å². The summed E-state index contributed by atoms with van der Waals surface area (Å²) in [5, 5.41) is 8.20. The Morgan fingerprint density at radius 1 is 1.15 bits per heavy atom. The van der Waals surface area contributed by atoms with E-state index >= 15 is 0 Å². The molecule has 0 aliphatic carbocycles. The van der Waals surface area contributed by atoms with E-state index in [1.54, 1.807) is 6.07 Å². The van der Waals surface area contributed by atoms with Crippen molar-refractivity contribution in [1.29, 1.82) is 5.41 Å². The number of benzene rings is 3. The molecule has 0 unspecified atom stereocenters. The Hall–Kier alpha value is -1.38. The molecule has 0 heterocycles. The summed E-state index contributed by atoms with van der Waals surface area (Å²) in [5.74, 6) is 0.291. The highest BCUT2D eigenvalue weighted by Gasteiger charge is 2.10. The second-order valence-corrected chi connectivity index (χ2v) is 8.61. The third kappa shape index (κ3) is 4.73. The summed E-state index contributed by atoms with van der Waals surface area (Å²) in [7, 11) is 0. The minimum atomic E-state index is -0.348. The summed E-state index contributed by atoms with van der Waals surface area (Å²) in [6.45, 7) is 0. The average Bonchev–Trinajstić information content (AvgIpc) is 2.68. The molecule has 0 spiro atoms. The molecule has 3 aromatic rings. The van der Waals surface area contributed by atoms with Crippen LogP contribution in [-0.2, 0) is 11.1 Å². The van der Waals surface area contributed by atoms with Crippen LogP contribution in [0.15, 0.2) is 59.5 Å². The van der Waals surface area contributed by atoms with E-state index in [1.807, 2.05) is 12.1 Å². The maximum absolute atomic E-state index is 14.2. The van der Waals surface area contributed by atoms with Gasteiger partial charge in [0.2, 0.25) is 0 Å². The van der Waals surface area contributed by atoms with Crippen molar-refractivity contribution in [2.75, 3.05) is 5.73 Å². The summed E-state index contributed by atoms with van der Waals surface area (Å²) in [4.78, 5) is 0.504. The van der Waals surface area contributed by atoms with Crippen molar-refractivity contribution in [1.82, 2.24) is 0 Å². The number of nitrogens with two attached hydrogens (primary N) is 1. The second kappa shape index (κ2) is 9.21. The predicted octanol–water partition coefficient (Wildman–Crippen LogP) is 6.86. The van der Waals surface area contributed by atoms with Gasteiger partial charge in [-0.2, -0.15) is 0 Å². The smallest absolute Gasteiger partial charge is 0.138 e. The van der Waals surface area contributed by atoms with E-state index < -0.39 is 0 Å². The Morgan fingerprint density at radius 3 is 2.67 bits per heavy atom. The number of nitrogens with one attached hydrogen (secondary N) is 1. The van der Waals surface area contributed by atoms with Gasteiger partial charge in [0.1, 0.15) is 5.82 Å². The van der Waals surface area contributed by atoms with Crippen LogP contribution in [0.1, 0.15) is 16.7 Å². The van der Waals surface area contributed by atoms with Crippen molar-refractivity contribution in [2.24, 2.45) is 0 Å². The molecule has 0 atom stereocenters. The number of anilines is 1. The van der Waals surface area contributed by atoms with Crippen LogP contribution in [0.3, 0.4) is 0 Å². The van der Waals surface area contributed by atoms with E-state index in [1.165, 1.54) is 32.5 Å². The van der Waals surface area contributed by atoms with Gasteiger partial charge in [-0.3, -0.25) is 0 Å². The lowest BCUT2D eigenvalue weighted by atomic mass is 10.0. The Balaban J connectivity index is 1.84. The largest absolute Gasteiger partial charge is 0.398 e. The van der Waals surface area contributed by atoms with Crippen LogP contribution in [0, 0.1) is 14.8 Å². The Labute approximate surface area is 184 Å². The predicted molar refractivity (Wildman–Crippen MR) is 125 cm³/mol. The first-order chi connectivity index (χ1) is 13.0. The molecule has 138 valence electrons. The highest BCUT2D eigenvalue weighted by atomic mass is 127. The first-order valence-corrected chi connectivity index (χ1v) is 11.4. The molecule has 3 rings (SSSR count). The number of halogens is 3. The zero-order valence-corrected chi connectivity index (χ0v) is 18.9. The quantitative estimate of drug-likeness (QED) is 0.115. The number of thioether (sulfide) groups is 1. The summed E-state index contributed by atoms with van der Waals surface area (Å²) >= 11 is 7.33. The van der Waals surface area contributed by atoms with E-state index in [9.17, 15) is 4.39 Å². The van der Waals surface area contributed by atoms with E-state index in [0.717, 1.165) is 22.7 Å². The van der Waals surface area contributed by atoms with E-state index in [-0.39, 0.29) is 11.5 Å². The number of rotatable bonds is 6. The van der Waals surface area contributed by atoms with Gasteiger partial charge in [0.05, 0.1) is 0 Å². The fourth-order valence-corrected chi connectivity index (χ4v) is 5.48.